The third kappa shape index (κ3) is 4.93. The highest BCUT2D eigenvalue weighted by Crippen LogP contribution is 2.45. The molecular formula is C50H31NOS. The number of furan rings is 1. The Balaban J connectivity index is 1.09. The lowest BCUT2D eigenvalue weighted by molar-refractivity contribution is 0.672. The Kier molecular flexibility index (Phi) is 6.76. The Labute approximate surface area is 310 Å². The van der Waals surface area contributed by atoms with Crippen molar-refractivity contribution in [3.8, 4) is 22.3 Å². The van der Waals surface area contributed by atoms with Crippen molar-refractivity contribution >= 4 is 92.1 Å². The number of hydrogen-bond donors (Lipinski definition) is 0. The normalized spacial score (nSPS) is 11.8. The first-order valence-electron chi connectivity index (χ1n) is 18.0. The van der Waals surface area contributed by atoms with E-state index in [1.54, 1.807) is 0 Å². The van der Waals surface area contributed by atoms with E-state index >= 15 is 0 Å². The Bertz CT molecular complexity index is 3190. The molecule has 248 valence electrons. The molecule has 0 atom stereocenters. The average molecular weight is 694 g/mol. The molecule has 0 spiro atoms. The first-order valence-corrected chi connectivity index (χ1v) is 18.8. The molecule has 0 N–H and O–H groups in total. The fraction of sp³-hybridized carbons (Fsp3) is 0. The van der Waals surface area contributed by atoms with E-state index in [-0.39, 0.29) is 0 Å². The topological polar surface area (TPSA) is 16.4 Å². The molecule has 0 aliphatic heterocycles. The van der Waals surface area contributed by atoms with E-state index in [0.29, 0.717) is 0 Å². The van der Waals surface area contributed by atoms with E-state index in [9.17, 15) is 0 Å². The zero-order valence-electron chi connectivity index (χ0n) is 28.7. The molecule has 11 aromatic rings. The van der Waals surface area contributed by atoms with Crippen molar-refractivity contribution in [3.63, 3.8) is 0 Å². The van der Waals surface area contributed by atoms with Crippen LogP contribution < -0.4 is 4.90 Å². The largest absolute Gasteiger partial charge is 0.455 e. The summed E-state index contributed by atoms with van der Waals surface area (Å²) in [6.45, 7) is 0. The smallest absolute Gasteiger partial charge is 0.143 e. The highest BCUT2D eigenvalue weighted by atomic mass is 32.1. The van der Waals surface area contributed by atoms with E-state index in [1.165, 1.54) is 58.6 Å². The van der Waals surface area contributed by atoms with Gasteiger partial charge in [0, 0.05) is 42.3 Å². The number of hydrogen-bond acceptors (Lipinski definition) is 3. The summed E-state index contributed by atoms with van der Waals surface area (Å²) in [7, 11) is 0. The number of fused-ring (bicyclic) bond motifs is 9. The summed E-state index contributed by atoms with van der Waals surface area (Å²) in [4.78, 5) is 2.39. The van der Waals surface area contributed by atoms with E-state index in [2.05, 4.69) is 193 Å². The maximum Gasteiger partial charge on any atom is 0.143 e. The highest BCUT2D eigenvalue weighted by Gasteiger charge is 2.21. The van der Waals surface area contributed by atoms with Gasteiger partial charge in [0.15, 0.2) is 0 Å². The Morgan fingerprint density at radius 1 is 0.377 bits per heavy atom. The molecule has 11 rings (SSSR count). The minimum absolute atomic E-state index is 0.873. The fourth-order valence-corrected chi connectivity index (χ4v) is 9.20. The Morgan fingerprint density at radius 2 is 1.04 bits per heavy atom. The van der Waals surface area contributed by atoms with Gasteiger partial charge in [-0.3, -0.25) is 0 Å². The molecule has 0 aliphatic carbocycles. The first-order chi connectivity index (χ1) is 26.2. The van der Waals surface area contributed by atoms with Crippen LogP contribution in [0.5, 0.6) is 0 Å². The summed E-state index contributed by atoms with van der Waals surface area (Å²) in [5.74, 6) is 0. The van der Waals surface area contributed by atoms with Crippen molar-refractivity contribution in [2.75, 3.05) is 4.90 Å². The van der Waals surface area contributed by atoms with Crippen molar-refractivity contribution < 1.29 is 4.42 Å². The summed E-state index contributed by atoms with van der Waals surface area (Å²) >= 11 is 1.86. The summed E-state index contributed by atoms with van der Waals surface area (Å²) in [6.07, 6.45) is 0. The molecule has 2 aromatic heterocycles. The lowest BCUT2D eigenvalue weighted by Gasteiger charge is -2.27. The van der Waals surface area contributed by atoms with Crippen LogP contribution in [0.2, 0.25) is 0 Å². The van der Waals surface area contributed by atoms with Crippen LogP contribution in [-0.2, 0) is 0 Å². The SMILES string of the molecule is c1cc(-c2ccc3c(c2)sc2ccccc23)cc(N(c2ccc(-c3ccc4ccccc4c3)cc2)c2cccc3oc4c5ccccc5ccc4c23)c1. The van der Waals surface area contributed by atoms with Crippen molar-refractivity contribution in [3.05, 3.63) is 188 Å². The molecule has 0 saturated heterocycles. The molecule has 0 aliphatic rings. The lowest BCUT2D eigenvalue weighted by atomic mass is 10.00. The van der Waals surface area contributed by atoms with Crippen molar-refractivity contribution in [1.29, 1.82) is 0 Å². The average Bonchev–Trinajstić information content (AvgIpc) is 3.80. The fourth-order valence-electron chi connectivity index (χ4n) is 8.05. The zero-order valence-corrected chi connectivity index (χ0v) is 29.5. The van der Waals surface area contributed by atoms with Gasteiger partial charge >= 0.3 is 0 Å². The second-order valence-electron chi connectivity index (χ2n) is 13.7. The number of anilines is 3. The van der Waals surface area contributed by atoms with Crippen LogP contribution >= 0.6 is 11.3 Å². The summed E-state index contributed by atoms with van der Waals surface area (Å²) in [5, 5.41) is 9.62. The van der Waals surface area contributed by atoms with Gasteiger partial charge in [-0.25, -0.2) is 0 Å². The lowest BCUT2D eigenvalue weighted by Crippen LogP contribution is -2.10. The van der Waals surface area contributed by atoms with Crippen LogP contribution in [0.3, 0.4) is 0 Å². The maximum atomic E-state index is 6.67. The van der Waals surface area contributed by atoms with E-state index in [1.807, 2.05) is 11.3 Å². The molecule has 0 radical (unpaired) electrons. The minimum atomic E-state index is 0.873. The zero-order chi connectivity index (χ0) is 34.9. The van der Waals surface area contributed by atoms with Crippen LogP contribution in [0.15, 0.2) is 192 Å². The maximum absolute atomic E-state index is 6.67. The molecule has 0 amide bonds. The third-order valence-electron chi connectivity index (χ3n) is 10.6. The van der Waals surface area contributed by atoms with Crippen molar-refractivity contribution in [2.24, 2.45) is 0 Å². The molecule has 3 heteroatoms. The standard InChI is InChI=1S/C50H31NOS/c1-2-11-35-29-37(20-19-32(35)9-1)33-21-25-39(26-22-33)51(45-16-8-17-46-49(45)44-28-23-34-10-3-4-14-41(34)50(44)52-46)40-13-7-12-36(30-40)38-24-27-43-42-15-5-6-18-47(42)53-48(43)31-38/h1-31H. The van der Waals surface area contributed by atoms with Crippen LogP contribution in [-0.4, -0.2) is 0 Å². The summed E-state index contributed by atoms with van der Waals surface area (Å²) in [6, 6.07) is 68.0. The van der Waals surface area contributed by atoms with Gasteiger partial charge in [0.05, 0.1) is 11.1 Å². The van der Waals surface area contributed by atoms with Gasteiger partial charge in [-0.2, -0.15) is 0 Å². The molecular weight excluding hydrogens is 663 g/mol. The number of benzene rings is 9. The predicted octanol–water partition coefficient (Wildman–Crippen LogP) is 15.1. The van der Waals surface area contributed by atoms with Crippen LogP contribution in [0.4, 0.5) is 17.1 Å². The van der Waals surface area contributed by atoms with Gasteiger partial charge < -0.3 is 9.32 Å². The van der Waals surface area contributed by atoms with Crippen LogP contribution in [0.25, 0.3) is 85.9 Å². The third-order valence-corrected chi connectivity index (χ3v) is 11.8. The van der Waals surface area contributed by atoms with Crippen molar-refractivity contribution in [1.82, 2.24) is 0 Å². The van der Waals surface area contributed by atoms with Crippen LogP contribution in [0.1, 0.15) is 0 Å². The molecule has 2 nitrogen and oxygen atoms in total. The highest BCUT2D eigenvalue weighted by molar-refractivity contribution is 7.25. The number of nitrogens with zero attached hydrogens (tertiary/aromatic N) is 1. The van der Waals surface area contributed by atoms with Gasteiger partial charge in [0.25, 0.3) is 0 Å². The Hall–Kier alpha value is -6.68. The monoisotopic (exact) mass is 693 g/mol. The van der Waals surface area contributed by atoms with Crippen molar-refractivity contribution in [2.45, 2.75) is 0 Å². The quantitative estimate of drug-likeness (QED) is 0.178. The van der Waals surface area contributed by atoms with Gasteiger partial charge in [0.1, 0.15) is 11.2 Å². The minimum Gasteiger partial charge on any atom is -0.455 e. The predicted molar refractivity (Wildman–Crippen MR) is 227 cm³/mol. The summed E-state index contributed by atoms with van der Waals surface area (Å²) < 4.78 is 9.30. The van der Waals surface area contributed by atoms with E-state index in [0.717, 1.165) is 44.4 Å². The van der Waals surface area contributed by atoms with Gasteiger partial charge in [-0.1, -0.05) is 127 Å². The van der Waals surface area contributed by atoms with E-state index < -0.39 is 0 Å². The molecule has 0 fully saturated rings. The van der Waals surface area contributed by atoms with Crippen LogP contribution in [0, 0.1) is 0 Å². The molecule has 2 heterocycles. The Morgan fingerprint density at radius 3 is 1.94 bits per heavy atom. The molecule has 9 aromatic carbocycles. The van der Waals surface area contributed by atoms with Gasteiger partial charge in [-0.05, 0) is 99.1 Å². The molecule has 0 unspecified atom stereocenters. The molecule has 53 heavy (non-hydrogen) atoms. The molecule has 0 saturated carbocycles. The molecule has 0 bridgehead atoms. The van der Waals surface area contributed by atoms with E-state index in [4.69, 9.17) is 4.42 Å². The second-order valence-corrected chi connectivity index (χ2v) is 14.8. The van der Waals surface area contributed by atoms with Gasteiger partial charge in [-0.15, -0.1) is 11.3 Å². The van der Waals surface area contributed by atoms with Gasteiger partial charge in [0.2, 0.25) is 0 Å². The summed E-state index contributed by atoms with van der Waals surface area (Å²) in [5.41, 5.74) is 9.80. The number of thiophene rings is 1. The first kappa shape index (κ1) is 30.0. The second kappa shape index (κ2) is 11.9. The number of rotatable bonds is 5.